The van der Waals surface area contributed by atoms with E-state index in [-0.39, 0.29) is 12.0 Å². The molecule has 3 N–H and O–H groups in total. The molecule has 0 bridgehead atoms. The number of fused-ring (bicyclic) bond motifs is 2. The molecule has 2 heterocycles. The van der Waals surface area contributed by atoms with Gasteiger partial charge in [-0.15, -0.1) is 0 Å². The van der Waals surface area contributed by atoms with Crippen LogP contribution in [0.1, 0.15) is 33.9 Å². The van der Waals surface area contributed by atoms with Gasteiger partial charge >= 0.3 is 5.97 Å². The normalized spacial score (nSPS) is 14.6. The number of nitrogens with one attached hydrogen (secondary N) is 1. The standard InChI is InChI=1S/C27H22N6O2/c28-19-9-11-20(12-10-19)31-27-29-15-18-16-30-33(25(18)32-27)23-14-13-22-21(23)7-4-8-24(22)35-26(34)17-5-2-1-3-6-17/h1-12,15-16,23H,13-14,28H2,(H,29,31,32). The maximum absolute atomic E-state index is 12.6. The van der Waals surface area contributed by atoms with Crippen LogP contribution in [0.4, 0.5) is 17.3 Å². The van der Waals surface area contributed by atoms with Gasteiger partial charge in [-0.05, 0) is 60.9 Å². The van der Waals surface area contributed by atoms with Crippen molar-refractivity contribution in [2.24, 2.45) is 0 Å². The second-order valence-corrected chi connectivity index (χ2v) is 8.44. The molecule has 0 saturated carbocycles. The Kier molecular flexibility index (Phi) is 5.11. The first-order chi connectivity index (χ1) is 17.2. The molecule has 8 heteroatoms. The summed E-state index contributed by atoms with van der Waals surface area (Å²) in [4.78, 5) is 21.8. The molecule has 1 atom stereocenters. The number of hydrogen-bond acceptors (Lipinski definition) is 7. The Labute approximate surface area is 201 Å². The van der Waals surface area contributed by atoms with E-state index in [9.17, 15) is 4.79 Å². The molecule has 6 rings (SSSR count). The molecular formula is C27H22N6O2. The summed E-state index contributed by atoms with van der Waals surface area (Å²) in [5.74, 6) is 0.710. The van der Waals surface area contributed by atoms with Crippen molar-refractivity contribution >= 4 is 34.3 Å². The molecule has 0 fully saturated rings. The van der Waals surface area contributed by atoms with Gasteiger partial charge < -0.3 is 15.8 Å². The van der Waals surface area contributed by atoms with Crippen molar-refractivity contribution < 1.29 is 9.53 Å². The van der Waals surface area contributed by atoms with Crippen LogP contribution in [-0.4, -0.2) is 25.7 Å². The monoisotopic (exact) mass is 462 g/mol. The number of benzene rings is 3. The van der Waals surface area contributed by atoms with Crippen molar-refractivity contribution in [3.63, 3.8) is 0 Å². The Bertz CT molecular complexity index is 1530. The number of aromatic nitrogens is 4. The van der Waals surface area contributed by atoms with Gasteiger partial charge in [-0.2, -0.15) is 10.1 Å². The Morgan fingerprint density at radius 1 is 1.00 bits per heavy atom. The maximum Gasteiger partial charge on any atom is 0.343 e. The van der Waals surface area contributed by atoms with E-state index in [0.717, 1.165) is 40.7 Å². The van der Waals surface area contributed by atoms with Crippen molar-refractivity contribution in [3.8, 4) is 5.75 Å². The quantitative estimate of drug-likeness (QED) is 0.217. The number of carbonyl (C=O) groups is 1. The SMILES string of the molecule is Nc1ccc(Nc2ncc3cnn(C4CCc5c(OC(=O)c6ccccc6)cccc54)c3n2)cc1. The van der Waals surface area contributed by atoms with Gasteiger partial charge in [-0.25, -0.2) is 14.5 Å². The molecule has 1 unspecified atom stereocenters. The lowest BCUT2D eigenvalue weighted by atomic mass is 10.1. The van der Waals surface area contributed by atoms with E-state index in [0.29, 0.717) is 22.9 Å². The molecule has 0 spiro atoms. The fourth-order valence-corrected chi connectivity index (χ4v) is 4.50. The first-order valence-corrected chi connectivity index (χ1v) is 11.4. The average molecular weight is 463 g/mol. The average Bonchev–Trinajstić information content (AvgIpc) is 3.50. The summed E-state index contributed by atoms with van der Waals surface area (Å²) in [5, 5.41) is 8.71. The minimum Gasteiger partial charge on any atom is -0.423 e. The minimum absolute atomic E-state index is 0.0165. The molecule has 1 aliphatic rings. The highest BCUT2D eigenvalue weighted by molar-refractivity contribution is 5.91. The third-order valence-electron chi connectivity index (χ3n) is 6.20. The molecular weight excluding hydrogens is 440 g/mol. The van der Waals surface area contributed by atoms with Crippen LogP contribution >= 0.6 is 0 Å². The summed E-state index contributed by atoms with van der Waals surface area (Å²) in [6, 6.07) is 22.2. The number of carbonyl (C=O) groups excluding carboxylic acids is 1. The number of nitrogens with zero attached hydrogens (tertiary/aromatic N) is 4. The number of rotatable bonds is 5. The van der Waals surface area contributed by atoms with Gasteiger partial charge in [0.15, 0.2) is 5.65 Å². The van der Waals surface area contributed by atoms with Gasteiger partial charge in [0.25, 0.3) is 0 Å². The third kappa shape index (κ3) is 3.95. The van der Waals surface area contributed by atoms with Crippen LogP contribution in [0.3, 0.4) is 0 Å². The zero-order valence-corrected chi connectivity index (χ0v) is 18.8. The largest absolute Gasteiger partial charge is 0.423 e. The van der Waals surface area contributed by atoms with Crippen molar-refractivity contribution in [1.29, 1.82) is 0 Å². The summed E-state index contributed by atoms with van der Waals surface area (Å²) in [6.45, 7) is 0. The molecule has 8 nitrogen and oxygen atoms in total. The van der Waals surface area contributed by atoms with Gasteiger partial charge in [0.1, 0.15) is 5.75 Å². The predicted octanol–water partition coefficient (Wildman–Crippen LogP) is 4.91. The summed E-state index contributed by atoms with van der Waals surface area (Å²) < 4.78 is 7.71. The fraction of sp³-hybridized carbons (Fsp3) is 0.111. The molecule has 5 aromatic rings. The van der Waals surface area contributed by atoms with Gasteiger partial charge in [0.2, 0.25) is 5.95 Å². The summed E-state index contributed by atoms with van der Waals surface area (Å²) >= 11 is 0. The highest BCUT2D eigenvalue weighted by atomic mass is 16.5. The Morgan fingerprint density at radius 3 is 2.66 bits per heavy atom. The zero-order valence-electron chi connectivity index (χ0n) is 18.8. The topological polar surface area (TPSA) is 108 Å². The highest BCUT2D eigenvalue weighted by Crippen LogP contribution is 2.40. The van der Waals surface area contributed by atoms with Crippen molar-refractivity contribution in [2.75, 3.05) is 11.1 Å². The number of anilines is 3. The third-order valence-corrected chi connectivity index (χ3v) is 6.20. The molecule has 0 amide bonds. The number of nitrogen functional groups attached to an aromatic ring is 1. The predicted molar refractivity (Wildman–Crippen MR) is 134 cm³/mol. The van der Waals surface area contributed by atoms with E-state index in [4.69, 9.17) is 15.5 Å². The van der Waals surface area contributed by atoms with Crippen molar-refractivity contribution in [1.82, 2.24) is 19.7 Å². The van der Waals surface area contributed by atoms with Crippen LogP contribution in [0.25, 0.3) is 11.0 Å². The van der Waals surface area contributed by atoms with E-state index in [2.05, 4.69) is 21.5 Å². The number of nitrogens with two attached hydrogens (primary N) is 1. The molecule has 35 heavy (non-hydrogen) atoms. The Balaban J connectivity index is 1.30. The van der Waals surface area contributed by atoms with Crippen LogP contribution in [0, 0.1) is 0 Å². The fourth-order valence-electron chi connectivity index (χ4n) is 4.50. The number of hydrogen-bond donors (Lipinski definition) is 2. The lowest BCUT2D eigenvalue weighted by Crippen LogP contribution is -2.11. The molecule has 2 aromatic heterocycles. The molecule has 172 valence electrons. The molecule has 1 aliphatic carbocycles. The smallest absolute Gasteiger partial charge is 0.343 e. The van der Waals surface area contributed by atoms with Gasteiger partial charge in [-0.1, -0.05) is 30.3 Å². The van der Waals surface area contributed by atoms with Crippen LogP contribution in [0.15, 0.2) is 85.2 Å². The van der Waals surface area contributed by atoms with Crippen LogP contribution in [0.2, 0.25) is 0 Å². The molecule has 0 radical (unpaired) electrons. The molecule has 0 saturated heterocycles. The van der Waals surface area contributed by atoms with Gasteiger partial charge in [-0.3, -0.25) is 0 Å². The first-order valence-electron chi connectivity index (χ1n) is 11.4. The van der Waals surface area contributed by atoms with E-state index >= 15 is 0 Å². The summed E-state index contributed by atoms with van der Waals surface area (Å²) in [5.41, 5.74) is 10.7. The van der Waals surface area contributed by atoms with Crippen LogP contribution in [-0.2, 0) is 6.42 Å². The number of ether oxygens (including phenoxy) is 1. The van der Waals surface area contributed by atoms with Gasteiger partial charge in [0, 0.05) is 23.1 Å². The Morgan fingerprint density at radius 2 is 1.83 bits per heavy atom. The second kappa shape index (κ2) is 8.57. The van der Waals surface area contributed by atoms with E-state index in [1.54, 1.807) is 24.5 Å². The second-order valence-electron chi connectivity index (χ2n) is 8.44. The van der Waals surface area contributed by atoms with E-state index < -0.39 is 0 Å². The summed E-state index contributed by atoms with van der Waals surface area (Å²) in [6.07, 6.45) is 5.15. The maximum atomic E-state index is 12.6. The minimum atomic E-state index is -0.363. The lowest BCUT2D eigenvalue weighted by Gasteiger charge is -2.15. The van der Waals surface area contributed by atoms with Crippen molar-refractivity contribution in [3.05, 3.63) is 102 Å². The number of esters is 1. The lowest BCUT2D eigenvalue weighted by molar-refractivity contribution is 0.0733. The highest BCUT2D eigenvalue weighted by Gasteiger charge is 2.29. The van der Waals surface area contributed by atoms with Crippen LogP contribution in [0.5, 0.6) is 5.75 Å². The van der Waals surface area contributed by atoms with Crippen LogP contribution < -0.4 is 15.8 Å². The van der Waals surface area contributed by atoms with Crippen molar-refractivity contribution in [2.45, 2.75) is 18.9 Å². The van der Waals surface area contributed by atoms with E-state index in [1.807, 2.05) is 59.3 Å². The Hall–Kier alpha value is -4.72. The first kappa shape index (κ1) is 20.9. The molecule has 3 aromatic carbocycles. The zero-order chi connectivity index (χ0) is 23.8. The summed E-state index contributed by atoms with van der Waals surface area (Å²) in [7, 11) is 0. The van der Waals surface area contributed by atoms with E-state index in [1.165, 1.54) is 0 Å². The molecule has 0 aliphatic heterocycles. The van der Waals surface area contributed by atoms with Gasteiger partial charge in [0.05, 0.1) is 23.2 Å².